The average Bonchev–Trinajstić information content (AvgIpc) is 2.91. The number of thioether (sulfide) groups is 1. The molecule has 1 aromatic heterocycles. The molecule has 2 unspecified atom stereocenters. The summed E-state index contributed by atoms with van der Waals surface area (Å²) in [4.78, 5) is 19.3. The van der Waals surface area contributed by atoms with E-state index in [1.54, 1.807) is 7.11 Å². The molecule has 2 aromatic rings. The lowest BCUT2D eigenvalue weighted by molar-refractivity contribution is -0.140. The number of carbonyl (C=O) groups is 1. The number of imidazole rings is 1. The molecule has 1 saturated heterocycles. The Morgan fingerprint density at radius 3 is 3.05 bits per heavy atom. The number of benzene rings is 1. The monoisotopic (exact) mass is 278 g/mol. The van der Waals surface area contributed by atoms with Crippen molar-refractivity contribution in [1.29, 1.82) is 0 Å². The fraction of sp³-hybridized carbons (Fsp3) is 0.385. The fourth-order valence-corrected chi connectivity index (χ4v) is 3.21. The Hall–Kier alpha value is -1.69. The third kappa shape index (κ3) is 2.40. The van der Waals surface area contributed by atoms with Gasteiger partial charge < -0.3 is 14.5 Å². The number of fused-ring (bicyclic) bond motifs is 1. The van der Waals surface area contributed by atoms with Crippen LogP contribution >= 0.6 is 11.8 Å². The maximum Gasteiger partial charge on any atom is 0.319 e. The van der Waals surface area contributed by atoms with Crippen LogP contribution in [0.3, 0.4) is 0 Å². The lowest BCUT2D eigenvalue weighted by atomic mass is 10.3. The van der Waals surface area contributed by atoms with Crippen LogP contribution in [0.25, 0.3) is 11.0 Å². The molecule has 3 rings (SSSR count). The zero-order valence-electron chi connectivity index (χ0n) is 10.7. The summed E-state index contributed by atoms with van der Waals surface area (Å²) in [7, 11) is 1.63. The molecule has 100 valence electrons. The largest absolute Gasteiger partial charge is 0.497 e. The molecule has 1 N–H and O–H groups in total. The van der Waals surface area contributed by atoms with E-state index >= 15 is 0 Å². The highest BCUT2D eigenvalue weighted by molar-refractivity contribution is 8.00. The van der Waals surface area contributed by atoms with Crippen molar-refractivity contribution in [2.45, 2.75) is 29.9 Å². The summed E-state index contributed by atoms with van der Waals surface area (Å²) < 4.78 is 10.3. The highest BCUT2D eigenvalue weighted by Gasteiger charge is 2.33. The van der Waals surface area contributed by atoms with Gasteiger partial charge in [0.05, 0.1) is 18.1 Å². The minimum Gasteiger partial charge on any atom is -0.497 e. The first-order valence-corrected chi connectivity index (χ1v) is 6.94. The number of aromatic amines is 1. The summed E-state index contributed by atoms with van der Waals surface area (Å²) in [6.45, 7) is 1.90. The fourth-order valence-electron chi connectivity index (χ4n) is 2.10. The second-order valence-corrected chi connectivity index (χ2v) is 5.71. The van der Waals surface area contributed by atoms with E-state index in [0.717, 1.165) is 28.4 Å². The molecule has 0 aliphatic carbocycles. The Labute approximate surface area is 114 Å². The van der Waals surface area contributed by atoms with Gasteiger partial charge in [0.2, 0.25) is 0 Å². The van der Waals surface area contributed by atoms with Gasteiger partial charge in [-0.2, -0.15) is 0 Å². The summed E-state index contributed by atoms with van der Waals surface area (Å²) in [5.74, 6) is 0.622. The maximum absolute atomic E-state index is 11.6. The smallest absolute Gasteiger partial charge is 0.319 e. The van der Waals surface area contributed by atoms with Crippen molar-refractivity contribution in [3.63, 3.8) is 0 Å². The zero-order valence-corrected chi connectivity index (χ0v) is 11.5. The van der Waals surface area contributed by atoms with E-state index in [-0.39, 0.29) is 17.3 Å². The third-order valence-electron chi connectivity index (χ3n) is 3.05. The number of methoxy groups -OCH3 is 1. The van der Waals surface area contributed by atoms with E-state index in [1.807, 2.05) is 25.1 Å². The molecular weight excluding hydrogens is 264 g/mol. The van der Waals surface area contributed by atoms with E-state index in [2.05, 4.69) is 9.97 Å². The zero-order chi connectivity index (χ0) is 13.4. The van der Waals surface area contributed by atoms with Gasteiger partial charge in [0.15, 0.2) is 5.16 Å². The predicted octanol–water partition coefficient (Wildman–Crippen LogP) is 2.37. The van der Waals surface area contributed by atoms with E-state index in [1.165, 1.54) is 11.8 Å². The molecule has 19 heavy (non-hydrogen) atoms. The number of carbonyl (C=O) groups excluding carboxylic acids is 1. The highest BCUT2D eigenvalue weighted by Crippen LogP contribution is 2.32. The molecule has 0 saturated carbocycles. The van der Waals surface area contributed by atoms with Gasteiger partial charge in [-0.3, -0.25) is 4.79 Å². The Balaban J connectivity index is 1.83. The summed E-state index contributed by atoms with van der Waals surface area (Å²) >= 11 is 1.42. The third-order valence-corrected chi connectivity index (χ3v) is 4.13. The van der Waals surface area contributed by atoms with E-state index in [9.17, 15) is 4.79 Å². The van der Waals surface area contributed by atoms with Gasteiger partial charge in [-0.15, -0.1) is 0 Å². The summed E-state index contributed by atoms with van der Waals surface area (Å²) in [5.41, 5.74) is 1.77. The number of nitrogens with one attached hydrogen (secondary N) is 1. The number of cyclic esters (lactones) is 1. The van der Waals surface area contributed by atoms with Gasteiger partial charge in [0.25, 0.3) is 0 Å². The second-order valence-electron chi connectivity index (χ2n) is 4.51. The van der Waals surface area contributed by atoms with E-state index in [4.69, 9.17) is 9.47 Å². The molecule has 6 heteroatoms. The first-order chi connectivity index (χ1) is 9.15. The molecule has 1 aliphatic heterocycles. The number of hydrogen-bond donors (Lipinski definition) is 1. The van der Waals surface area contributed by atoms with Crippen molar-refractivity contribution < 1.29 is 14.3 Å². The predicted molar refractivity (Wildman–Crippen MR) is 72.5 cm³/mol. The number of aromatic nitrogens is 2. The number of ether oxygens (including phenoxy) is 2. The van der Waals surface area contributed by atoms with Crippen LogP contribution in [0.2, 0.25) is 0 Å². The van der Waals surface area contributed by atoms with Crippen LogP contribution in [0.5, 0.6) is 5.75 Å². The molecule has 0 radical (unpaired) electrons. The molecule has 1 aliphatic rings. The minimum atomic E-state index is -0.169. The van der Waals surface area contributed by atoms with Gasteiger partial charge in [-0.1, -0.05) is 11.8 Å². The van der Waals surface area contributed by atoms with Crippen molar-refractivity contribution in [3.05, 3.63) is 18.2 Å². The minimum absolute atomic E-state index is 0.00512. The quantitative estimate of drug-likeness (QED) is 0.873. The van der Waals surface area contributed by atoms with Gasteiger partial charge in [-0.25, -0.2) is 4.98 Å². The molecule has 0 spiro atoms. The number of H-pyrrole nitrogens is 1. The number of hydrogen-bond acceptors (Lipinski definition) is 5. The van der Waals surface area contributed by atoms with Crippen LogP contribution in [0.15, 0.2) is 23.4 Å². The Morgan fingerprint density at radius 1 is 1.53 bits per heavy atom. The van der Waals surface area contributed by atoms with Crippen LogP contribution in [-0.2, 0) is 9.53 Å². The maximum atomic E-state index is 11.6. The SMILES string of the molecule is COc1ccc2nc(SC3CC(C)OC3=O)[nH]c2c1. The number of nitrogens with zero attached hydrogens (tertiary/aromatic N) is 1. The van der Waals surface area contributed by atoms with Crippen LogP contribution in [0.1, 0.15) is 13.3 Å². The molecule has 1 aromatic carbocycles. The normalized spacial score (nSPS) is 22.7. The van der Waals surface area contributed by atoms with Crippen LogP contribution in [0.4, 0.5) is 0 Å². The van der Waals surface area contributed by atoms with Crippen molar-refractivity contribution in [2.24, 2.45) is 0 Å². The van der Waals surface area contributed by atoms with Gasteiger partial charge in [0, 0.05) is 12.5 Å². The van der Waals surface area contributed by atoms with Crippen LogP contribution in [-0.4, -0.2) is 34.4 Å². The van der Waals surface area contributed by atoms with Crippen molar-refractivity contribution in [1.82, 2.24) is 9.97 Å². The first kappa shape index (κ1) is 12.3. The van der Waals surface area contributed by atoms with Gasteiger partial charge in [-0.05, 0) is 19.1 Å². The number of rotatable bonds is 3. The Kier molecular flexibility index (Phi) is 3.10. The molecule has 0 bridgehead atoms. The first-order valence-electron chi connectivity index (χ1n) is 6.06. The highest BCUT2D eigenvalue weighted by atomic mass is 32.2. The molecule has 1 fully saturated rings. The topological polar surface area (TPSA) is 64.2 Å². The molecule has 2 heterocycles. The standard InChI is InChI=1S/C13H14N2O3S/c1-7-5-11(12(16)18-7)19-13-14-9-4-3-8(17-2)6-10(9)15-13/h3-4,6-7,11H,5H2,1-2H3,(H,14,15). The average molecular weight is 278 g/mol. The lowest BCUT2D eigenvalue weighted by Gasteiger charge is -2.00. The summed E-state index contributed by atoms with van der Waals surface area (Å²) in [6.07, 6.45) is 0.721. The van der Waals surface area contributed by atoms with Gasteiger partial charge >= 0.3 is 5.97 Å². The summed E-state index contributed by atoms with van der Waals surface area (Å²) in [5, 5.41) is 0.566. The van der Waals surface area contributed by atoms with Crippen molar-refractivity contribution >= 4 is 28.8 Å². The van der Waals surface area contributed by atoms with E-state index < -0.39 is 0 Å². The molecule has 0 amide bonds. The van der Waals surface area contributed by atoms with Crippen LogP contribution < -0.4 is 4.74 Å². The van der Waals surface area contributed by atoms with E-state index in [0.29, 0.717) is 0 Å². The molecule has 2 atom stereocenters. The Bertz CT molecular complexity index is 625. The second kappa shape index (κ2) is 4.77. The lowest BCUT2D eigenvalue weighted by Crippen LogP contribution is -2.09. The van der Waals surface area contributed by atoms with Crippen molar-refractivity contribution in [2.75, 3.05) is 7.11 Å². The summed E-state index contributed by atoms with van der Waals surface area (Å²) in [6, 6.07) is 5.65. The number of esters is 1. The molecule has 5 nitrogen and oxygen atoms in total. The van der Waals surface area contributed by atoms with Crippen LogP contribution in [0, 0.1) is 0 Å². The van der Waals surface area contributed by atoms with Gasteiger partial charge in [0.1, 0.15) is 17.1 Å². The molecular formula is C13H14N2O3S. The Morgan fingerprint density at radius 2 is 2.37 bits per heavy atom. The van der Waals surface area contributed by atoms with Crippen molar-refractivity contribution in [3.8, 4) is 5.75 Å².